The molecule has 2 aromatic carbocycles. The van der Waals surface area contributed by atoms with Crippen LogP contribution in [0, 0.1) is 0 Å². The van der Waals surface area contributed by atoms with E-state index in [2.05, 4.69) is 5.32 Å². The Hall–Kier alpha value is -2.90. The van der Waals surface area contributed by atoms with E-state index in [-0.39, 0.29) is 25.5 Å². The van der Waals surface area contributed by atoms with Gasteiger partial charge in [0.15, 0.2) is 0 Å². The lowest BCUT2D eigenvalue weighted by Gasteiger charge is -2.20. The highest BCUT2D eigenvalue weighted by Crippen LogP contribution is 2.32. The van der Waals surface area contributed by atoms with Crippen LogP contribution in [-0.2, 0) is 24.2 Å². The average molecular weight is 454 g/mol. The van der Waals surface area contributed by atoms with Gasteiger partial charge in [-0.2, -0.15) is 13.2 Å². The number of nitrogens with one attached hydrogen (secondary N) is 1. The Morgan fingerprint density at radius 3 is 2.25 bits per heavy atom. The first-order valence-corrected chi connectivity index (χ1v) is 10.5. The van der Waals surface area contributed by atoms with Gasteiger partial charge in [0, 0.05) is 12.5 Å². The van der Waals surface area contributed by atoms with Crippen LogP contribution in [0.15, 0.2) is 42.5 Å². The van der Waals surface area contributed by atoms with E-state index in [1.54, 1.807) is 12.1 Å². The Kier molecular flexibility index (Phi) is 9.68. The lowest BCUT2D eigenvalue weighted by atomic mass is 9.98. The summed E-state index contributed by atoms with van der Waals surface area (Å²) in [6.45, 7) is 2.12. The smallest absolute Gasteiger partial charge is 0.407 e. The van der Waals surface area contributed by atoms with Crippen molar-refractivity contribution in [2.45, 2.75) is 57.9 Å². The summed E-state index contributed by atoms with van der Waals surface area (Å²) in [4.78, 5) is 12.2. The van der Waals surface area contributed by atoms with Crippen LogP contribution in [0.5, 0.6) is 11.5 Å². The summed E-state index contributed by atoms with van der Waals surface area (Å²) in [5, 5.41) is 2.86. The monoisotopic (exact) mass is 453 g/mol. The summed E-state index contributed by atoms with van der Waals surface area (Å²) >= 11 is 0. The minimum atomic E-state index is -4.19. The molecule has 0 saturated carbocycles. The third-order valence-electron chi connectivity index (χ3n) is 5.08. The van der Waals surface area contributed by atoms with Gasteiger partial charge in [0.25, 0.3) is 0 Å². The van der Waals surface area contributed by atoms with Gasteiger partial charge in [-0.15, -0.1) is 0 Å². The zero-order chi connectivity index (χ0) is 23.6. The molecular weight excluding hydrogens is 423 g/mol. The molecule has 8 heteroatoms. The third-order valence-corrected chi connectivity index (χ3v) is 5.08. The minimum Gasteiger partial charge on any atom is -0.496 e. The maximum absolute atomic E-state index is 12.5. The number of aryl methyl sites for hydroxylation is 1. The number of benzene rings is 2. The normalized spacial score (nSPS) is 12.2. The largest absolute Gasteiger partial charge is 0.496 e. The predicted molar refractivity (Wildman–Crippen MR) is 116 cm³/mol. The summed E-state index contributed by atoms with van der Waals surface area (Å²) in [5.41, 5.74) is 2.34. The van der Waals surface area contributed by atoms with Crippen LogP contribution in [0.1, 0.15) is 42.9 Å². The van der Waals surface area contributed by atoms with Gasteiger partial charge in [0.2, 0.25) is 0 Å². The van der Waals surface area contributed by atoms with Gasteiger partial charge < -0.3 is 19.5 Å². The maximum Gasteiger partial charge on any atom is 0.407 e. The van der Waals surface area contributed by atoms with Crippen LogP contribution in [0.2, 0.25) is 0 Å². The zero-order valence-electron chi connectivity index (χ0n) is 18.6. The van der Waals surface area contributed by atoms with Crippen molar-refractivity contribution in [3.05, 3.63) is 59.2 Å². The highest BCUT2D eigenvalue weighted by Gasteiger charge is 2.26. The number of rotatable bonds is 11. The summed E-state index contributed by atoms with van der Waals surface area (Å²) in [7, 11) is 2.99. The summed E-state index contributed by atoms with van der Waals surface area (Å²) in [6.07, 6.45) is -4.26. The molecule has 0 aliphatic rings. The van der Waals surface area contributed by atoms with Gasteiger partial charge >= 0.3 is 12.3 Å². The van der Waals surface area contributed by atoms with Crippen molar-refractivity contribution in [2.24, 2.45) is 0 Å². The number of alkyl carbamates (subject to hydrolysis) is 1. The summed E-state index contributed by atoms with van der Waals surface area (Å²) < 4.78 is 53.6. The van der Waals surface area contributed by atoms with Crippen molar-refractivity contribution < 1.29 is 32.2 Å². The molecule has 176 valence electrons. The lowest BCUT2D eigenvalue weighted by molar-refractivity contribution is -0.135. The third kappa shape index (κ3) is 8.32. The van der Waals surface area contributed by atoms with Crippen LogP contribution in [0.3, 0.4) is 0 Å². The van der Waals surface area contributed by atoms with Crippen molar-refractivity contribution in [2.75, 3.05) is 14.2 Å². The minimum absolute atomic E-state index is 0.0330. The fraction of sp³-hybridized carbons (Fsp3) is 0.458. The standard InChI is InChI=1S/C24H30F3NO4/c1-4-20(28-23(29)32-16-17-9-6-5-7-10-17)13-19-15-21(30-2)18(14-22(19)31-3)11-8-12-24(25,26)27/h5-7,9-10,14-15,20H,4,8,11-13,16H2,1-3H3,(H,28,29). The number of ether oxygens (including phenoxy) is 3. The van der Waals surface area contributed by atoms with Gasteiger partial charge in [-0.25, -0.2) is 4.79 Å². The zero-order valence-corrected chi connectivity index (χ0v) is 18.6. The average Bonchev–Trinajstić information content (AvgIpc) is 2.77. The van der Waals surface area contributed by atoms with E-state index in [1.165, 1.54) is 14.2 Å². The first-order valence-electron chi connectivity index (χ1n) is 10.5. The summed E-state index contributed by atoms with van der Waals surface area (Å²) in [5.74, 6) is 1.05. The molecule has 1 unspecified atom stereocenters. The SMILES string of the molecule is CCC(Cc1cc(OC)c(CCCC(F)(F)F)cc1OC)NC(=O)OCc1ccccc1. The van der Waals surface area contributed by atoms with E-state index >= 15 is 0 Å². The van der Waals surface area contributed by atoms with Crippen LogP contribution < -0.4 is 14.8 Å². The van der Waals surface area contributed by atoms with Crippen LogP contribution in [0.25, 0.3) is 0 Å². The quantitative estimate of drug-likeness (QED) is 0.465. The number of alkyl halides is 3. The Balaban J connectivity index is 2.03. The number of hydrogen-bond acceptors (Lipinski definition) is 4. The Labute approximate surface area is 186 Å². The predicted octanol–water partition coefficient (Wildman–Crippen LogP) is 5.84. The molecule has 0 saturated heterocycles. The van der Waals surface area contributed by atoms with Gasteiger partial charge in [-0.1, -0.05) is 37.3 Å². The van der Waals surface area contributed by atoms with E-state index in [1.807, 2.05) is 37.3 Å². The van der Waals surface area contributed by atoms with Gasteiger partial charge in [0.1, 0.15) is 18.1 Å². The Morgan fingerprint density at radius 2 is 1.66 bits per heavy atom. The number of amides is 1. The van der Waals surface area contributed by atoms with Crippen molar-refractivity contribution in [1.29, 1.82) is 0 Å². The number of carbonyl (C=O) groups excluding carboxylic acids is 1. The van der Waals surface area contributed by atoms with Crippen molar-refractivity contribution in [3.63, 3.8) is 0 Å². The molecule has 0 heterocycles. The molecule has 1 N–H and O–H groups in total. The molecule has 0 radical (unpaired) electrons. The van der Waals surface area contributed by atoms with Crippen LogP contribution in [-0.4, -0.2) is 32.5 Å². The van der Waals surface area contributed by atoms with Crippen molar-refractivity contribution in [3.8, 4) is 11.5 Å². The van der Waals surface area contributed by atoms with Crippen molar-refractivity contribution >= 4 is 6.09 Å². The van der Waals surface area contributed by atoms with Crippen molar-refractivity contribution in [1.82, 2.24) is 5.32 Å². The second-order valence-corrected chi connectivity index (χ2v) is 7.46. The molecule has 32 heavy (non-hydrogen) atoms. The van der Waals surface area contributed by atoms with E-state index in [4.69, 9.17) is 14.2 Å². The number of methoxy groups -OCH3 is 2. The molecule has 0 aromatic heterocycles. The van der Waals surface area contributed by atoms with E-state index in [0.717, 1.165) is 11.1 Å². The Bertz CT molecular complexity index is 856. The first-order chi connectivity index (χ1) is 15.3. The molecule has 0 fully saturated rings. The molecule has 2 rings (SSSR count). The molecule has 1 atom stereocenters. The lowest BCUT2D eigenvalue weighted by Crippen LogP contribution is -2.36. The second kappa shape index (κ2) is 12.2. The fourth-order valence-corrected chi connectivity index (χ4v) is 3.35. The van der Waals surface area contributed by atoms with E-state index in [9.17, 15) is 18.0 Å². The molecule has 5 nitrogen and oxygen atoms in total. The molecule has 0 aliphatic heterocycles. The summed E-state index contributed by atoms with van der Waals surface area (Å²) in [6, 6.07) is 12.6. The maximum atomic E-state index is 12.5. The Morgan fingerprint density at radius 1 is 1.03 bits per heavy atom. The van der Waals surface area contributed by atoms with Gasteiger partial charge in [-0.05, 0) is 54.5 Å². The number of carbonyl (C=O) groups is 1. The first kappa shape index (κ1) is 25.4. The second-order valence-electron chi connectivity index (χ2n) is 7.46. The number of halogens is 3. The molecular formula is C24H30F3NO4. The van der Waals surface area contributed by atoms with E-state index < -0.39 is 18.7 Å². The van der Waals surface area contributed by atoms with Gasteiger partial charge in [-0.3, -0.25) is 0 Å². The molecule has 0 aliphatic carbocycles. The van der Waals surface area contributed by atoms with Crippen LogP contribution in [0.4, 0.5) is 18.0 Å². The van der Waals surface area contributed by atoms with E-state index in [0.29, 0.717) is 29.9 Å². The highest BCUT2D eigenvalue weighted by atomic mass is 19.4. The topological polar surface area (TPSA) is 56.8 Å². The molecule has 0 spiro atoms. The van der Waals surface area contributed by atoms with Crippen LogP contribution >= 0.6 is 0 Å². The number of hydrogen-bond donors (Lipinski definition) is 1. The van der Waals surface area contributed by atoms with Gasteiger partial charge in [0.05, 0.1) is 14.2 Å². The molecule has 1 amide bonds. The molecule has 2 aromatic rings. The molecule has 0 bridgehead atoms. The highest BCUT2D eigenvalue weighted by molar-refractivity contribution is 5.67. The fourth-order valence-electron chi connectivity index (χ4n) is 3.35.